The molecule has 2 heterocycles. The van der Waals surface area contributed by atoms with Gasteiger partial charge in [0.1, 0.15) is 6.61 Å². The van der Waals surface area contributed by atoms with Gasteiger partial charge >= 0.3 is 5.97 Å². The van der Waals surface area contributed by atoms with Crippen molar-refractivity contribution in [3.05, 3.63) is 72.3 Å². The summed E-state index contributed by atoms with van der Waals surface area (Å²) in [6.07, 6.45) is 9.38. The molecule has 2 fully saturated rings. The van der Waals surface area contributed by atoms with Gasteiger partial charge in [0.2, 0.25) is 5.91 Å². The maximum Gasteiger partial charge on any atom is 0.303 e. The Morgan fingerprint density at radius 1 is 0.900 bits per heavy atom. The van der Waals surface area contributed by atoms with Gasteiger partial charge in [-0.1, -0.05) is 54.6 Å². The highest BCUT2D eigenvalue weighted by Crippen LogP contribution is 2.44. The van der Waals surface area contributed by atoms with Crippen molar-refractivity contribution in [2.24, 2.45) is 11.8 Å². The van der Waals surface area contributed by atoms with Crippen LogP contribution in [0.1, 0.15) is 55.8 Å². The third-order valence-electron chi connectivity index (χ3n) is 7.63. The molecule has 2 aromatic carbocycles. The molecule has 2 amide bonds. The number of nitrogens with one attached hydrogen (secondary N) is 2. The Bertz CT molecular complexity index is 1190. The molecule has 212 valence electrons. The predicted molar refractivity (Wildman–Crippen MR) is 151 cm³/mol. The van der Waals surface area contributed by atoms with Crippen LogP contribution in [-0.4, -0.2) is 55.5 Å². The summed E-state index contributed by atoms with van der Waals surface area (Å²) in [5, 5.41) is 5.70. The van der Waals surface area contributed by atoms with Gasteiger partial charge in [0.05, 0.1) is 18.8 Å². The Morgan fingerprint density at radius 2 is 1.60 bits per heavy atom. The first-order valence-corrected chi connectivity index (χ1v) is 14.1. The normalized spacial score (nSPS) is 21.3. The second kappa shape index (κ2) is 14.6. The third-order valence-corrected chi connectivity index (χ3v) is 7.63. The fourth-order valence-corrected chi connectivity index (χ4v) is 5.52. The van der Waals surface area contributed by atoms with E-state index in [0.29, 0.717) is 30.9 Å². The average molecular weight is 547 g/mol. The van der Waals surface area contributed by atoms with Crippen molar-refractivity contribution >= 4 is 23.6 Å². The van der Waals surface area contributed by atoms with E-state index in [1.807, 2.05) is 42.5 Å². The first-order chi connectivity index (χ1) is 19.4. The maximum atomic E-state index is 12.5. The molecule has 0 saturated carbocycles. The van der Waals surface area contributed by atoms with Gasteiger partial charge in [-0.05, 0) is 61.3 Å². The quantitative estimate of drug-likeness (QED) is 0.208. The first-order valence-electron chi connectivity index (χ1n) is 14.1. The standard InChI is InChI=1S/C32H38N2O6/c1-22(35)39-21-26(36)11-7-2-3-8-12-27-28(30-18-17-29(27)40-30)19-33-31(37)20-34-32(38)25-15-13-24(14-16-25)23-9-5-4-6-10-23/h3-6,8-10,13-16,27-30H,2,7,11-12,17-21H2,1H3,(H,33,37)(H,34,38)/t27-,28+,29-,30+/m1/s1. The van der Waals surface area contributed by atoms with Gasteiger partial charge in [0.15, 0.2) is 5.78 Å². The Labute approximate surface area is 235 Å². The molecule has 4 atom stereocenters. The monoisotopic (exact) mass is 546 g/mol. The van der Waals surface area contributed by atoms with E-state index in [1.54, 1.807) is 12.1 Å². The number of rotatable bonds is 14. The van der Waals surface area contributed by atoms with Gasteiger partial charge in [0.25, 0.3) is 5.91 Å². The molecular weight excluding hydrogens is 508 g/mol. The zero-order valence-electron chi connectivity index (χ0n) is 23.0. The van der Waals surface area contributed by atoms with Crippen LogP contribution in [0.15, 0.2) is 66.7 Å². The number of fused-ring (bicyclic) bond motifs is 2. The van der Waals surface area contributed by atoms with Crippen LogP contribution in [0.5, 0.6) is 0 Å². The molecule has 0 spiro atoms. The van der Waals surface area contributed by atoms with Crippen LogP contribution >= 0.6 is 0 Å². The summed E-state index contributed by atoms with van der Waals surface area (Å²) >= 11 is 0. The second-order valence-electron chi connectivity index (χ2n) is 10.5. The first kappa shape index (κ1) is 29.2. The van der Waals surface area contributed by atoms with E-state index >= 15 is 0 Å². The summed E-state index contributed by atoms with van der Waals surface area (Å²) in [5.74, 6) is -0.448. The number of ether oxygens (including phenoxy) is 2. The summed E-state index contributed by atoms with van der Waals surface area (Å²) in [6.45, 7) is 1.58. The molecule has 2 bridgehead atoms. The molecule has 40 heavy (non-hydrogen) atoms. The van der Waals surface area contributed by atoms with Gasteiger partial charge in [-0.25, -0.2) is 0 Å². The number of esters is 1. The average Bonchev–Trinajstić information content (AvgIpc) is 3.58. The molecule has 0 radical (unpaired) electrons. The molecule has 0 aromatic heterocycles. The number of amides is 2. The summed E-state index contributed by atoms with van der Waals surface area (Å²) in [6, 6.07) is 17.3. The van der Waals surface area contributed by atoms with Gasteiger partial charge < -0.3 is 20.1 Å². The number of unbranched alkanes of at least 4 members (excludes halogenated alkanes) is 1. The van der Waals surface area contributed by atoms with Crippen LogP contribution in [0.4, 0.5) is 0 Å². The Balaban J connectivity index is 1.16. The van der Waals surface area contributed by atoms with Gasteiger partial charge in [0, 0.05) is 31.4 Å². The van der Waals surface area contributed by atoms with Gasteiger partial charge in [-0.3, -0.25) is 19.2 Å². The van der Waals surface area contributed by atoms with Crippen molar-refractivity contribution in [3.63, 3.8) is 0 Å². The van der Waals surface area contributed by atoms with Gasteiger partial charge in [-0.15, -0.1) is 0 Å². The molecule has 8 heteroatoms. The zero-order chi connectivity index (χ0) is 28.3. The van der Waals surface area contributed by atoms with Gasteiger partial charge in [-0.2, -0.15) is 0 Å². The number of allylic oxidation sites excluding steroid dienone is 2. The van der Waals surface area contributed by atoms with Crippen LogP contribution in [0, 0.1) is 11.8 Å². The van der Waals surface area contributed by atoms with Crippen molar-refractivity contribution < 1.29 is 28.7 Å². The number of carbonyl (C=O) groups excluding carboxylic acids is 4. The molecule has 0 unspecified atom stereocenters. The molecule has 2 N–H and O–H groups in total. The lowest BCUT2D eigenvalue weighted by atomic mass is 9.77. The number of hydrogen-bond donors (Lipinski definition) is 2. The summed E-state index contributed by atoms with van der Waals surface area (Å²) in [5.41, 5.74) is 2.62. The lowest BCUT2D eigenvalue weighted by Gasteiger charge is -2.27. The molecule has 2 saturated heterocycles. The van der Waals surface area contributed by atoms with E-state index in [9.17, 15) is 19.2 Å². The highest BCUT2D eigenvalue weighted by Gasteiger charge is 2.47. The SMILES string of the molecule is CC(=O)OCC(=O)CCCC=CC[C@@H]1[C@H](CNC(=O)CNC(=O)c2ccc(-c3ccccc3)cc2)[C@@H]2CC[C@H]1O2. The molecule has 2 aliphatic rings. The number of benzene rings is 2. The summed E-state index contributed by atoms with van der Waals surface area (Å²) in [4.78, 5) is 47.5. The van der Waals surface area contributed by atoms with Crippen LogP contribution in [0.25, 0.3) is 11.1 Å². The molecular formula is C32H38N2O6. The Hall–Kier alpha value is -3.78. The van der Waals surface area contributed by atoms with E-state index < -0.39 is 5.97 Å². The predicted octanol–water partition coefficient (Wildman–Crippen LogP) is 4.24. The minimum Gasteiger partial charge on any atom is -0.458 e. The molecule has 4 rings (SSSR count). The van der Waals surface area contributed by atoms with E-state index in [1.165, 1.54) is 6.92 Å². The number of carbonyl (C=O) groups is 4. The molecule has 2 aliphatic heterocycles. The van der Waals surface area contributed by atoms with Crippen molar-refractivity contribution in [2.75, 3.05) is 19.7 Å². The van der Waals surface area contributed by atoms with Crippen molar-refractivity contribution in [2.45, 2.75) is 57.7 Å². The van der Waals surface area contributed by atoms with Crippen LogP contribution in [-0.2, 0) is 23.9 Å². The fraction of sp³-hybridized carbons (Fsp3) is 0.438. The minimum atomic E-state index is -0.443. The minimum absolute atomic E-state index is 0.0712. The number of ketones is 1. The highest BCUT2D eigenvalue weighted by atomic mass is 16.5. The van der Waals surface area contributed by atoms with Crippen LogP contribution in [0.3, 0.4) is 0 Å². The number of hydrogen-bond acceptors (Lipinski definition) is 6. The second-order valence-corrected chi connectivity index (χ2v) is 10.5. The largest absolute Gasteiger partial charge is 0.458 e. The number of Topliss-reactive ketones (excluding diaryl/α,β-unsaturated/α-hetero) is 1. The molecule has 0 aliphatic carbocycles. The Kier molecular flexibility index (Phi) is 10.6. The van der Waals surface area contributed by atoms with E-state index in [4.69, 9.17) is 9.47 Å². The third kappa shape index (κ3) is 8.36. The maximum absolute atomic E-state index is 12.5. The van der Waals surface area contributed by atoms with Crippen molar-refractivity contribution in [3.8, 4) is 11.1 Å². The summed E-state index contributed by atoms with van der Waals surface area (Å²) in [7, 11) is 0. The topological polar surface area (TPSA) is 111 Å². The van der Waals surface area contributed by atoms with Crippen LogP contribution in [0.2, 0.25) is 0 Å². The summed E-state index contributed by atoms with van der Waals surface area (Å²) < 4.78 is 10.9. The van der Waals surface area contributed by atoms with Crippen molar-refractivity contribution in [1.82, 2.24) is 10.6 Å². The fourth-order valence-electron chi connectivity index (χ4n) is 5.52. The van der Waals surface area contributed by atoms with Crippen LogP contribution < -0.4 is 10.6 Å². The van der Waals surface area contributed by atoms with E-state index in [0.717, 1.165) is 36.8 Å². The molecule has 8 nitrogen and oxygen atoms in total. The smallest absolute Gasteiger partial charge is 0.303 e. The zero-order valence-corrected chi connectivity index (χ0v) is 23.0. The van der Waals surface area contributed by atoms with E-state index in [-0.39, 0.29) is 48.9 Å². The van der Waals surface area contributed by atoms with Crippen molar-refractivity contribution in [1.29, 1.82) is 0 Å². The lowest BCUT2D eigenvalue weighted by molar-refractivity contribution is -0.145. The Morgan fingerprint density at radius 3 is 2.33 bits per heavy atom. The van der Waals surface area contributed by atoms with E-state index in [2.05, 4.69) is 22.8 Å². The molecule has 2 aromatic rings. The lowest BCUT2D eigenvalue weighted by Crippen LogP contribution is -2.42. The highest BCUT2D eigenvalue weighted by molar-refractivity contribution is 5.96.